The van der Waals surface area contributed by atoms with Gasteiger partial charge in [0.15, 0.2) is 0 Å². The minimum atomic E-state index is 0.617. The molecule has 1 heteroatoms. The van der Waals surface area contributed by atoms with Crippen LogP contribution in [0.5, 0.6) is 0 Å². The van der Waals surface area contributed by atoms with Crippen LogP contribution in [0.2, 0.25) is 0 Å². The van der Waals surface area contributed by atoms with E-state index in [1.165, 1.54) is 0 Å². The van der Waals surface area contributed by atoms with Gasteiger partial charge in [-0.25, -0.2) is 0 Å². The fourth-order valence-electron chi connectivity index (χ4n) is 0.235. The third kappa shape index (κ3) is 65.6. The minimum Gasteiger partial charge on any atom is -0.373 e. The highest BCUT2D eigenvalue weighted by atomic mass is 16.5. The third-order valence-corrected chi connectivity index (χ3v) is 0.471. The van der Waals surface area contributed by atoms with E-state index in [4.69, 9.17) is 4.74 Å². The highest BCUT2D eigenvalue weighted by Crippen LogP contribution is 1.72. The van der Waals surface area contributed by atoms with Gasteiger partial charge >= 0.3 is 0 Å². The molecule has 0 unspecified atom stereocenters. The molecule has 1 nitrogen and oxygen atoms in total. The maximum atomic E-state index is 4.90. The highest BCUT2D eigenvalue weighted by Gasteiger charge is 1.70. The van der Waals surface area contributed by atoms with Gasteiger partial charge in [0.2, 0.25) is 0 Å². The standard InChI is InChI=1S/C6H10O.C3H6.C2H4/c1-3-5-7-6-4-2;1-3-2;1-2/h3-4H,1-2,5-6H2;3H,1H2,2H3;1-2H2. The molecule has 0 aliphatic carbocycles. The lowest BCUT2D eigenvalue weighted by Crippen LogP contribution is -1.87. The summed E-state index contributed by atoms with van der Waals surface area (Å²) < 4.78 is 4.90. The molecule has 0 atom stereocenters. The van der Waals surface area contributed by atoms with Crippen LogP contribution < -0.4 is 0 Å². The lowest BCUT2D eigenvalue weighted by Gasteiger charge is -1.89. The molecule has 0 fully saturated rings. The molecule has 0 amide bonds. The van der Waals surface area contributed by atoms with E-state index in [0.29, 0.717) is 13.2 Å². The van der Waals surface area contributed by atoms with Crippen LogP contribution in [0.4, 0.5) is 0 Å². The summed E-state index contributed by atoms with van der Waals surface area (Å²) in [6, 6.07) is 0. The van der Waals surface area contributed by atoms with Crippen molar-refractivity contribution in [3.05, 3.63) is 51.1 Å². The first-order valence-corrected chi connectivity index (χ1v) is 3.70. The maximum Gasteiger partial charge on any atom is 0.0649 e. The van der Waals surface area contributed by atoms with Gasteiger partial charge in [-0.2, -0.15) is 0 Å². The highest BCUT2D eigenvalue weighted by molar-refractivity contribution is 4.68. The van der Waals surface area contributed by atoms with Crippen molar-refractivity contribution in [1.82, 2.24) is 0 Å². The van der Waals surface area contributed by atoms with Crippen molar-refractivity contribution in [1.29, 1.82) is 0 Å². The molecule has 0 saturated carbocycles. The van der Waals surface area contributed by atoms with Gasteiger partial charge in [-0.05, 0) is 6.92 Å². The first-order chi connectivity index (χ1) is 5.83. The van der Waals surface area contributed by atoms with Crippen LogP contribution in [0.15, 0.2) is 51.1 Å². The van der Waals surface area contributed by atoms with E-state index in [0.717, 1.165) is 0 Å². The second kappa shape index (κ2) is 32.6. The van der Waals surface area contributed by atoms with Gasteiger partial charge in [0.1, 0.15) is 0 Å². The van der Waals surface area contributed by atoms with Gasteiger partial charge in [-0.3, -0.25) is 0 Å². The van der Waals surface area contributed by atoms with Crippen molar-refractivity contribution in [2.45, 2.75) is 6.92 Å². The number of allylic oxidation sites excluding steroid dienone is 1. The van der Waals surface area contributed by atoms with Crippen LogP contribution in [0.3, 0.4) is 0 Å². The quantitative estimate of drug-likeness (QED) is 0.462. The average molecular weight is 168 g/mol. The smallest absolute Gasteiger partial charge is 0.0649 e. The molecule has 0 aromatic heterocycles. The Balaban J connectivity index is -0.000000137. The molecule has 0 heterocycles. The molecule has 0 N–H and O–H groups in total. The molecule has 0 aromatic carbocycles. The van der Waals surface area contributed by atoms with Gasteiger partial charge in [0, 0.05) is 0 Å². The topological polar surface area (TPSA) is 9.23 Å². The normalized spacial score (nSPS) is 6.08. The SMILES string of the molecule is C=C.C=CC.C=CCOCC=C. The third-order valence-electron chi connectivity index (χ3n) is 0.471. The Kier molecular flexibility index (Phi) is 46.6. The molecule has 0 bridgehead atoms. The van der Waals surface area contributed by atoms with Crippen molar-refractivity contribution in [2.75, 3.05) is 13.2 Å². The fraction of sp³-hybridized carbons (Fsp3) is 0.273. The molecular formula is C11H20O. The predicted molar refractivity (Wildman–Crippen MR) is 58.3 cm³/mol. The second-order valence-corrected chi connectivity index (χ2v) is 1.52. The zero-order chi connectivity index (χ0) is 10.2. The van der Waals surface area contributed by atoms with Gasteiger partial charge in [0.05, 0.1) is 13.2 Å². The van der Waals surface area contributed by atoms with Gasteiger partial charge < -0.3 is 4.74 Å². The summed E-state index contributed by atoms with van der Waals surface area (Å²) in [7, 11) is 0. The Bertz CT molecular complexity index is 87.2. The van der Waals surface area contributed by atoms with Crippen LogP contribution in [-0.2, 0) is 4.74 Å². The molecular weight excluding hydrogens is 148 g/mol. The van der Waals surface area contributed by atoms with E-state index >= 15 is 0 Å². The number of ether oxygens (including phenoxy) is 1. The van der Waals surface area contributed by atoms with Crippen LogP contribution in [0, 0.1) is 0 Å². The van der Waals surface area contributed by atoms with Crippen LogP contribution in [0.1, 0.15) is 6.92 Å². The summed E-state index contributed by atoms with van der Waals surface area (Å²) in [5.41, 5.74) is 0. The van der Waals surface area contributed by atoms with Crippen molar-refractivity contribution in [3.8, 4) is 0 Å². The summed E-state index contributed by atoms with van der Waals surface area (Å²) in [5, 5.41) is 0. The van der Waals surface area contributed by atoms with E-state index in [9.17, 15) is 0 Å². The molecule has 0 aromatic rings. The van der Waals surface area contributed by atoms with Crippen molar-refractivity contribution in [3.63, 3.8) is 0 Å². The van der Waals surface area contributed by atoms with E-state index in [1.807, 2.05) is 6.92 Å². The predicted octanol–water partition coefficient (Wildman–Crippen LogP) is 3.37. The first-order valence-electron chi connectivity index (χ1n) is 3.70. The van der Waals surface area contributed by atoms with E-state index < -0.39 is 0 Å². The molecule has 0 aliphatic rings. The minimum absolute atomic E-state index is 0.617. The summed E-state index contributed by atoms with van der Waals surface area (Å²) in [6.07, 6.45) is 5.17. The second-order valence-electron chi connectivity index (χ2n) is 1.52. The molecule has 0 radical (unpaired) electrons. The molecule has 0 spiro atoms. The van der Waals surface area contributed by atoms with Gasteiger partial charge in [-0.1, -0.05) is 18.2 Å². The summed E-state index contributed by atoms with van der Waals surface area (Å²) in [6.45, 7) is 19.4. The fourth-order valence-corrected chi connectivity index (χ4v) is 0.235. The van der Waals surface area contributed by atoms with Gasteiger partial charge in [0.25, 0.3) is 0 Å². The van der Waals surface area contributed by atoms with Crippen LogP contribution in [0.25, 0.3) is 0 Å². The Morgan fingerprint density at radius 3 is 1.42 bits per heavy atom. The van der Waals surface area contributed by atoms with E-state index in [-0.39, 0.29) is 0 Å². The Labute approximate surface area is 76.8 Å². The molecule has 0 aliphatic heterocycles. The summed E-state index contributed by atoms with van der Waals surface area (Å²) >= 11 is 0. The first kappa shape index (κ1) is 17.1. The Morgan fingerprint density at radius 2 is 1.25 bits per heavy atom. The molecule has 70 valence electrons. The van der Waals surface area contributed by atoms with Crippen molar-refractivity contribution < 1.29 is 4.74 Å². The maximum absolute atomic E-state index is 4.90. The Hall–Kier alpha value is -1.08. The zero-order valence-electron chi connectivity index (χ0n) is 8.09. The van der Waals surface area contributed by atoms with Crippen LogP contribution in [-0.4, -0.2) is 13.2 Å². The lowest BCUT2D eigenvalue weighted by molar-refractivity contribution is 0.194. The Morgan fingerprint density at radius 1 is 1.00 bits per heavy atom. The zero-order valence-corrected chi connectivity index (χ0v) is 8.09. The lowest BCUT2D eigenvalue weighted by atomic mass is 10.6. The van der Waals surface area contributed by atoms with Crippen molar-refractivity contribution >= 4 is 0 Å². The molecule has 0 rings (SSSR count). The summed E-state index contributed by atoms with van der Waals surface area (Å²) in [5.74, 6) is 0. The van der Waals surface area contributed by atoms with E-state index in [2.05, 4.69) is 32.9 Å². The van der Waals surface area contributed by atoms with E-state index in [1.54, 1.807) is 18.2 Å². The largest absolute Gasteiger partial charge is 0.373 e. The van der Waals surface area contributed by atoms with Gasteiger partial charge in [-0.15, -0.1) is 32.9 Å². The summed E-state index contributed by atoms with van der Waals surface area (Å²) in [4.78, 5) is 0. The number of hydrogen-bond donors (Lipinski definition) is 0. The number of rotatable bonds is 4. The molecule has 12 heavy (non-hydrogen) atoms. The number of hydrogen-bond acceptors (Lipinski definition) is 1. The van der Waals surface area contributed by atoms with Crippen LogP contribution >= 0.6 is 0 Å². The average Bonchev–Trinajstić information content (AvgIpc) is 2.11. The molecule has 0 saturated heterocycles. The monoisotopic (exact) mass is 168 g/mol. The van der Waals surface area contributed by atoms with Crippen molar-refractivity contribution in [2.24, 2.45) is 0 Å².